The topological polar surface area (TPSA) is 81.1 Å². The molecule has 0 amide bonds. The Hall–Kier alpha value is -1.52. The van der Waals surface area contributed by atoms with Crippen molar-refractivity contribution in [2.75, 3.05) is 5.73 Å². The van der Waals surface area contributed by atoms with Crippen LogP contribution in [0.2, 0.25) is 0 Å². The van der Waals surface area contributed by atoms with E-state index >= 15 is 0 Å². The van der Waals surface area contributed by atoms with Crippen LogP contribution in [0.3, 0.4) is 0 Å². The van der Waals surface area contributed by atoms with Crippen LogP contribution in [0.15, 0.2) is 6.20 Å². The number of nitrogens with two attached hydrogens (primary N) is 1. The third-order valence-electron chi connectivity index (χ3n) is 3.56. The van der Waals surface area contributed by atoms with Gasteiger partial charge in [0.05, 0.1) is 12.2 Å². The number of rotatable bonds is 2. The van der Waals surface area contributed by atoms with Gasteiger partial charge in [0.15, 0.2) is 0 Å². The minimum atomic E-state index is -1.01. The maximum atomic E-state index is 10.9. The third kappa shape index (κ3) is 2.28. The number of aromatic nitrogens is 2. The van der Waals surface area contributed by atoms with Gasteiger partial charge in [-0.2, -0.15) is 5.10 Å². The summed E-state index contributed by atoms with van der Waals surface area (Å²) < 4.78 is 1.69. The molecule has 5 nitrogen and oxygen atoms in total. The summed E-state index contributed by atoms with van der Waals surface area (Å²) in [6.45, 7) is 4.45. The first-order valence-electron chi connectivity index (χ1n) is 6.05. The minimum absolute atomic E-state index is 0.107. The predicted octanol–water partition coefficient (Wildman–Crippen LogP) is 2.16. The summed E-state index contributed by atoms with van der Waals surface area (Å²) in [4.78, 5) is 10.9. The van der Waals surface area contributed by atoms with Crippen molar-refractivity contribution in [2.24, 2.45) is 11.8 Å². The van der Waals surface area contributed by atoms with Gasteiger partial charge in [0.1, 0.15) is 11.4 Å². The van der Waals surface area contributed by atoms with Crippen LogP contribution in [-0.4, -0.2) is 20.9 Å². The monoisotopic (exact) mass is 237 g/mol. The quantitative estimate of drug-likeness (QED) is 0.825. The van der Waals surface area contributed by atoms with E-state index in [0.29, 0.717) is 11.8 Å². The van der Waals surface area contributed by atoms with E-state index in [2.05, 4.69) is 18.9 Å². The highest BCUT2D eigenvalue weighted by Crippen LogP contribution is 2.37. The molecule has 1 aromatic rings. The molecule has 2 unspecified atom stereocenters. The Bertz CT molecular complexity index is 417. The summed E-state index contributed by atoms with van der Waals surface area (Å²) in [5.74, 6) is 0.552. The largest absolute Gasteiger partial charge is 0.477 e. The number of hydrogen-bond acceptors (Lipinski definition) is 3. The molecule has 1 heterocycles. The normalized spacial score (nSPS) is 29.2. The summed E-state index contributed by atoms with van der Waals surface area (Å²) in [7, 11) is 0. The first-order chi connectivity index (χ1) is 7.99. The highest BCUT2D eigenvalue weighted by Gasteiger charge is 2.28. The molecular weight excluding hydrogens is 218 g/mol. The molecule has 94 valence electrons. The van der Waals surface area contributed by atoms with Crippen molar-refractivity contribution in [3.8, 4) is 0 Å². The van der Waals surface area contributed by atoms with Crippen LogP contribution < -0.4 is 5.73 Å². The van der Waals surface area contributed by atoms with E-state index in [1.807, 2.05) is 0 Å². The van der Waals surface area contributed by atoms with E-state index in [1.165, 1.54) is 12.6 Å². The van der Waals surface area contributed by atoms with Gasteiger partial charge < -0.3 is 10.8 Å². The van der Waals surface area contributed by atoms with Crippen molar-refractivity contribution >= 4 is 11.8 Å². The molecule has 2 atom stereocenters. The summed E-state index contributed by atoms with van der Waals surface area (Å²) in [6.07, 6.45) is 4.62. The van der Waals surface area contributed by atoms with Crippen LogP contribution in [0, 0.1) is 11.8 Å². The van der Waals surface area contributed by atoms with Crippen LogP contribution in [-0.2, 0) is 0 Å². The van der Waals surface area contributed by atoms with Gasteiger partial charge in [-0.3, -0.25) is 0 Å². The number of anilines is 1. The van der Waals surface area contributed by atoms with Crippen LogP contribution >= 0.6 is 0 Å². The predicted molar refractivity (Wildman–Crippen MR) is 64.8 cm³/mol. The first-order valence-corrected chi connectivity index (χ1v) is 6.05. The van der Waals surface area contributed by atoms with Crippen molar-refractivity contribution in [1.29, 1.82) is 0 Å². The Labute approximate surface area is 101 Å². The van der Waals surface area contributed by atoms with Gasteiger partial charge in [0, 0.05) is 0 Å². The van der Waals surface area contributed by atoms with Crippen molar-refractivity contribution < 1.29 is 9.90 Å². The lowest BCUT2D eigenvalue weighted by Crippen LogP contribution is -2.24. The molecule has 0 radical (unpaired) electrons. The fourth-order valence-electron chi connectivity index (χ4n) is 2.93. The van der Waals surface area contributed by atoms with E-state index < -0.39 is 5.97 Å². The smallest absolute Gasteiger partial charge is 0.341 e. The van der Waals surface area contributed by atoms with Crippen molar-refractivity contribution in [3.05, 3.63) is 11.8 Å². The molecule has 1 aromatic heterocycles. The van der Waals surface area contributed by atoms with Gasteiger partial charge >= 0.3 is 5.97 Å². The van der Waals surface area contributed by atoms with Crippen LogP contribution in [0.4, 0.5) is 5.82 Å². The van der Waals surface area contributed by atoms with Crippen molar-refractivity contribution in [3.63, 3.8) is 0 Å². The first kappa shape index (κ1) is 12.0. The second-order valence-electron chi connectivity index (χ2n) is 5.26. The molecular formula is C12H19N3O2. The molecule has 0 spiro atoms. The number of nitrogen functional groups attached to an aromatic ring is 1. The molecule has 1 saturated carbocycles. The van der Waals surface area contributed by atoms with Crippen LogP contribution in [0.1, 0.15) is 49.5 Å². The van der Waals surface area contributed by atoms with Crippen LogP contribution in [0.25, 0.3) is 0 Å². The van der Waals surface area contributed by atoms with E-state index in [9.17, 15) is 4.79 Å². The molecule has 1 fully saturated rings. The highest BCUT2D eigenvalue weighted by molar-refractivity contribution is 5.92. The second kappa shape index (κ2) is 4.39. The Kier molecular flexibility index (Phi) is 3.09. The van der Waals surface area contributed by atoms with E-state index in [0.717, 1.165) is 12.8 Å². The summed E-state index contributed by atoms with van der Waals surface area (Å²) >= 11 is 0. The molecule has 0 aromatic carbocycles. The maximum Gasteiger partial charge on any atom is 0.341 e. The molecule has 2 rings (SSSR count). The van der Waals surface area contributed by atoms with Crippen molar-refractivity contribution in [2.45, 2.75) is 39.2 Å². The fraction of sp³-hybridized carbons (Fsp3) is 0.667. The lowest BCUT2D eigenvalue weighted by Gasteiger charge is -2.32. The zero-order valence-corrected chi connectivity index (χ0v) is 10.3. The molecule has 17 heavy (non-hydrogen) atoms. The van der Waals surface area contributed by atoms with Gasteiger partial charge in [-0.05, 0) is 31.1 Å². The summed E-state index contributed by atoms with van der Waals surface area (Å²) in [5.41, 5.74) is 5.95. The summed E-state index contributed by atoms with van der Waals surface area (Å²) in [5, 5.41) is 13.1. The van der Waals surface area contributed by atoms with Crippen LogP contribution in [0.5, 0.6) is 0 Å². The zero-order chi connectivity index (χ0) is 12.6. The van der Waals surface area contributed by atoms with E-state index in [-0.39, 0.29) is 17.4 Å². The number of carboxylic acid groups (broad SMARTS) is 1. The SMILES string of the molecule is CC1CC(C)CC(n2ncc(C(=O)O)c2N)C1. The molecule has 3 N–H and O–H groups in total. The number of aromatic carboxylic acids is 1. The second-order valence-corrected chi connectivity index (χ2v) is 5.26. The zero-order valence-electron chi connectivity index (χ0n) is 10.3. The Morgan fingerprint density at radius 2 is 2.00 bits per heavy atom. The lowest BCUT2D eigenvalue weighted by molar-refractivity contribution is 0.0698. The average molecular weight is 237 g/mol. The Balaban J connectivity index is 2.25. The highest BCUT2D eigenvalue weighted by atomic mass is 16.4. The standard InChI is InChI=1S/C12H19N3O2/c1-7-3-8(2)5-9(4-7)15-11(13)10(6-14-15)12(16)17/h6-9H,3-5,13H2,1-2H3,(H,16,17). The van der Waals surface area contributed by atoms with Gasteiger partial charge in [0.2, 0.25) is 0 Å². The third-order valence-corrected chi connectivity index (χ3v) is 3.56. The minimum Gasteiger partial charge on any atom is -0.477 e. The summed E-state index contributed by atoms with van der Waals surface area (Å²) in [6, 6.07) is 0.238. The average Bonchev–Trinajstić information content (AvgIpc) is 2.58. The van der Waals surface area contributed by atoms with E-state index in [4.69, 9.17) is 10.8 Å². The molecule has 5 heteroatoms. The number of carbonyl (C=O) groups is 1. The molecule has 0 saturated heterocycles. The number of hydrogen-bond donors (Lipinski definition) is 2. The van der Waals surface area contributed by atoms with Gasteiger partial charge in [0.25, 0.3) is 0 Å². The van der Waals surface area contributed by atoms with E-state index in [1.54, 1.807) is 4.68 Å². The fourth-order valence-corrected chi connectivity index (χ4v) is 2.93. The molecule has 1 aliphatic rings. The maximum absolute atomic E-state index is 10.9. The number of nitrogens with zero attached hydrogens (tertiary/aromatic N) is 2. The molecule has 0 bridgehead atoms. The van der Waals surface area contributed by atoms with Gasteiger partial charge in [-0.1, -0.05) is 13.8 Å². The van der Waals surface area contributed by atoms with Gasteiger partial charge in [-0.15, -0.1) is 0 Å². The Morgan fingerprint density at radius 3 is 2.47 bits per heavy atom. The van der Waals surface area contributed by atoms with Crippen molar-refractivity contribution in [1.82, 2.24) is 9.78 Å². The lowest BCUT2D eigenvalue weighted by atomic mass is 9.80. The van der Waals surface area contributed by atoms with Gasteiger partial charge in [-0.25, -0.2) is 9.48 Å². The number of carboxylic acids is 1. The Morgan fingerprint density at radius 1 is 1.41 bits per heavy atom. The molecule has 1 aliphatic carbocycles. The molecule has 0 aliphatic heterocycles.